The number of nitrogens with zero attached hydrogens (tertiary/aromatic N) is 2. The number of ether oxygens (including phenoxy) is 2. The van der Waals surface area contributed by atoms with Gasteiger partial charge in [0.15, 0.2) is 19.0 Å². The second-order valence-electron chi connectivity index (χ2n) is 8.42. The van der Waals surface area contributed by atoms with Crippen LogP contribution in [0.1, 0.15) is 34.0 Å². The lowest BCUT2D eigenvalue weighted by molar-refractivity contribution is -0.127. The second kappa shape index (κ2) is 10.4. The van der Waals surface area contributed by atoms with E-state index in [9.17, 15) is 14.4 Å². The van der Waals surface area contributed by atoms with Gasteiger partial charge in [-0.1, -0.05) is 24.3 Å². The summed E-state index contributed by atoms with van der Waals surface area (Å²) in [5.74, 6) is 0.173. The van der Waals surface area contributed by atoms with Crippen LogP contribution in [0.2, 0.25) is 0 Å². The number of rotatable bonds is 8. The number of para-hydroxylation sites is 1. The maximum atomic E-state index is 12.9. The van der Waals surface area contributed by atoms with Gasteiger partial charge >= 0.3 is 0 Å². The molecule has 0 aliphatic carbocycles. The molecule has 1 aliphatic heterocycles. The Morgan fingerprint density at radius 2 is 1.91 bits per heavy atom. The molecule has 0 saturated heterocycles. The summed E-state index contributed by atoms with van der Waals surface area (Å²) in [6, 6.07) is 13.5. The molecule has 8 heteroatoms. The van der Waals surface area contributed by atoms with E-state index in [1.807, 2.05) is 38.1 Å². The van der Waals surface area contributed by atoms with Gasteiger partial charge < -0.3 is 14.8 Å². The van der Waals surface area contributed by atoms with Crippen molar-refractivity contribution in [3.63, 3.8) is 0 Å². The van der Waals surface area contributed by atoms with Gasteiger partial charge in [0.25, 0.3) is 5.91 Å². The summed E-state index contributed by atoms with van der Waals surface area (Å²) in [6.45, 7) is 5.44. The van der Waals surface area contributed by atoms with E-state index in [4.69, 9.17) is 9.47 Å². The van der Waals surface area contributed by atoms with Crippen molar-refractivity contribution in [2.45, 2.75) is 33.4 Å². The number of amides is 2. The molecule has 0 bridgehead atoms. The average molecular weight is 474 g/mol. The first-order valence-electron chi connectivity index (χ1n) is 11.3. The predicted molar refractivity (Wildman–Crippen MR) is 131 cm³/mol. The van der Waals surface area contributed by atoms with Crippen LogP contribution in [0.5, 0.6) is 11.5 Å². The molecule has 8 nitrogen and oxygen atoms in total. The molecule has 1 N–H and O–H groups in total. The lowest BCUT2D eigenvalue weighted by Gasteiger charge is -2.33. The molecule has 2 amide bonds. The Balaban J connectivity index is 1.50. The van der Waals surface area contributed by atoms with E-state index in [0.717, 1.165) is 16.7 Å². The highest BCUT2D eigenvalue weighted by molar-refractivity contribution is 6.05. The molecule has 3 aromatic rings. The minimum atomic E-state index is -0.807. The van der Waals surface area contributed by atoms with E-state index < -0.39 is 6.04 Å². The quantitative estimate of drug-likeness (QED) is 0.504. The molecule has 1 atom stereocenters. The Morgan fingerprint density at radius 3 is 2.63 bits per heavy atom. The summed E-state index contributed by atoms with van der Waals surface area (Å²) in [6.07, 6.45) is 3.32. The number of carbonyl (C=O) groups is 3. The number of pyridine rings is 1. The van der Waals surface area contributed by atoms with Gasteiger partial charge in [-0.2, -0.15) is 0 Å². The molecular weight excluding hydrogens is 446 g/mol. The van der Waals surface area contributed by atoms with E-state index in [1.165, 1.54) is 4.90 Å². The van der Waals surface area contributed by atoms with Crippen molar-refractivity contribution in [1.82, 2.24) is 10.3 Å². The summed E-state index contributed by atoms with van der Waals surface area (Å²) in [5, 5.41) is 2.83. The number of aromatic nitrogens is 1. The van der Waals surface area contributed by atoms with Crippen molar-refractivity contribution >= 4 is 23.3 Å². The lowest BCUT2D eigenvalue weighted by atomic mass is 10.1. The van der Waals surface area contributed by atoms with Crippen LogP contribution in [-0.4, -0.2) is 41.8 Å². The van der Waals surface area contributed by atoms with Gasteiger partial charge in [0.05, 0.1) is 5.69 Å². The number of fused-ring (bicyclic) bond motifs is 1. The molecule has 4 rings (SSSR count). The third-order valence-corrected chi connectivity index (χ3v) is 5.87. The van der Waals surface area contributed by atoms with Crippen molar-refractivity contribution in [2.75, 3.05) is 18.1 Å². The maximum absolute atomic E-state index is 12.9. The van der Waals surface area contributed by atoms with Crippen LogP contribution in [0.15, 0.2) is 60.9 Å². The number of Topliss-reactive ketones (excluding diaryl/α,β-unsaturated/α-hetero) is 1. The SMILES string of the molecule is Cc1cccc(C)c1OCC(=O)c1ccc2c(c1)N(C(C)C(=O)NCc1cccnc1)C(=O)CO2. The zero-order chi connectivity index (χ0) is 24.9. The minimum Gasteiger partial charge on any atom is -0.485 e. The van der Waals surface area contributed by atoms with Crippen LogP contribution in [0.25, 0.3) is 0 Å². The maximum Gasteiger partial charge on any atom is 0.265 e. The standard InChI is InChI=1S/C27H27N3O5/c1-17-6-4-7-18(2)26(17)35-15-23(31)21-9-10-24-22(12-21)30(25(32)16-34-24)19(3)27(33)29-14-20-8-5-11-28-13-20/h4-13,19H,14-16H2,1-3H3,(H,29,33). The molecule has 35 heavy (non-hydrogen) atoms. The molecule has 0 radical (unpaired) electrons. The van der Waals surface area contributed by atoms with Gasteiger partial charge in [-0.15, -0.1) is 0 Å². The zero-order valence-corrected chi connectivity index (χ0v) is 19.9. The monoisotopic (exact) mass is 473 g/mol. The van der Waals surface area contributed by atoms with Crippen LogP contribution in [0.3, 0.4) is 0 Å². The van der Waals surface area contributed by atoms with E-state index in [0.29, 0.717) is 22.7 Å². The first-order chi connectivity index (χ1) is 16.8. The summed E-state index contributed by atoms with van der Waals surface area (Å²) in [5.41, 5.74) is 3.47. The van der Waals surface area contributed by atoms with Crippen LogP contribution in [-0.2, 0) is 16.1 Å². The van der Waals surface area contributed by atoms with Gasteiger partial charge in [0.1, 0.15) is 17.5 Å². The molecule has 1 aromatic heterocycles. The first-order valence-corrected chi connectivity index (χ1v) is 11.3. The number of hydrogen-bond donors (Lipinski definition) is 1. The second-order valence-corrected chi connectivity index (χ2v) is 8.42. The Hall–Kier alpha value is -4.20. The van der Waals surface area contributed by atoms with Gasteiger partial charge in [0, 0.05) is 24.5 Å². The van der Waals surface area contributed by atoms with Crippen LogP contribution in [0.4, 0.5) is 5.69 Å². The Bertz CT molecular complexity index is 1240. The van der Waals surface area contributed by atoms with E-state index >= 15 is 0 Å². The van der Waals surface area contributed by atoms with Gasteiger partial charge in [-0.05, 0) is 61.7 Å². The average Bonchev–Trinajstić information content (AvgIpc) is 2.86. The highest BCUT2D eigenvalue weighted by Crippen LogP contribution is 2.34. The topological polar surface area (TPSA) is 97.8 Å². The number of benzene rings is 2. The largest absolute Gasteiger partial charge is 0.485 e. The van der Waals surface area contributed by atoms with Crippen molar-refractivity contribution in [2.24, 2.45) is 0 Å². The summed E-state index contributed by atoms with van der Waals surface area (Å²) < 4.78 is 11.4. The minimum absolute atomic E-state index is 0.152. The number of anilines is 1. The van der Waals surface area contributed by atoms with Crippen molar-refractivity contribution < 1.29 is 23.9 Å². The fraction of sp³-hybridized carbons (Fsp3) is 0.259. The van der Waals surface area contributed by atoms with Gasteiger partial charge in [0.2, 0.25) is 5.91 Å². The van der Waals surface area contributed by atoms with E-state index in [2.05, 4.69) is 10.3 Å². The highest BCUT2D eigenvalue weighted by Gasteiger charge is 2.33. The third kappa shape index (κ3) is 5.32. The number of carbonyl (C=O) groups excluding carboxylic acids is 3. The fourth-order valence-corrected chi connectivity index (χ4v) is 3.97. The van der Waals surface area contributed by atoms with Crippen LogP contribution in [0, 0.1) is 13.8 Å². The lowest BCUT2D eigenvalue weighted by Crippen LogP contribution is -2.51. The Morgan fingerprint density at radius 1 is 1.14 bits per heavy atom. The van der Waals surface area contributed by atoms with Crippen LogP contribution >= 0.6 is 0 Å². The molecule has 0 spiro atoms. The summed E-state index contributed by atoms with van der Waals surface area (Å²) in [7, 11) is 0. The summed E-state index contributed by atoms with van der Waals surface area (Å²) in [4.78, 5) is 43.9. The van der Waals surface area contributed by atoms with Crippen molar-refractivity contribution in [3.05, 3.63) is 83.2 Å². The predicted octanol–water partition coefficient (Wildman–Crippen LogP) is 3.39. The fourth-order valence-electron chi connectivity index (χ4n) is 3.97. The molecule has 1 unspecified atom stereocenters. The first kappa shape index (κ1) is 23.9. The molecule has 2 aromatic carbocycles. The third-order valence-electron chi connectivity index (χ3n) is 5.87. The Labute approximate surface area is 203 Å². The van der Waals surface area contributed by atoms with Crippen molar-refractivity contribution in [3.8, 4) is 11.5 Å². The number of hydrogen-bond acceptors (Lipinski definition) is 6. The summed E-state index contributed by atoms with van der Waals surface area (Å²) >= 11 is 0. The van der Waals surface area contributed by atoms with Crippen molar-refractivity contribution in [1.29, 1.82) is 0 Å². The molecule has 0 fully saturated rings. The van der Waals surface area contributed by atoms with Crippen LogP contribution < -0.4 is 19.7 Å². The molecule has 180 valence electrons. The van der Waals surface area contributed by atoms with Gasteiger partial charge in [-0.25, -0.2) is 0 Å². The highest BCUT2D eigenvalue weighted by atomic mass is 16.5. The normalized spacial score (nSPS) is 13.5. The molecule has 1 aliphatic rings. The Kier molecular flexibility index (Phi) is 7.10. The molecule has 0 saturated carbocycles. The number of nitrogens with one attached hydrogen (secondary N) is 1. The number of ketones is 1. The zero-order valence-electron chi connectivity index (χ0n) is 19.9. The smallest absolute Gasteiger partial charge is 0.265 e. The molecular formula is C27H27N3O5. The van der Waals surface area contributed by atoms with E-state index in [-0.39, 0.29) is 37.4 Å². The number of aryl methyl sites for hydroxylation is 2. The molecule has 2 heterocycles. The van der Waals surface area contributed by atoms with Gasteiger partial charge in [-0.3, -0.25) is 24.3 Å². The van der Waals surface area contributed by atoms with E-state index in [1.54, 1.807) is 43.6 Å².